The lowest BCUT2D eigenvalue weighted by Gasteiger charge is -2.13. The predicted molar refractivity (Wildman–Crippen MR) is 64.3 cm³/mol. The Morgan fingerprint density at radius 1 is 1.59 bits per heavy atom. The monoisotopic (exact) mass is 277 g/mol. The van der Waals surface area contributed by atoms with Crippen molar-refractivity contribution in [1.29, 1.82) is 0 Å². The molecule has 0 radical (unpaired) electrons. The van der Waals surface area contributed by atoms with E-state index in [1.165, 1.54) is 11.8 Å². The van der Waals surface area contributed by atoms with Gasteiger partial charge in [-0.05, 0) is 23.6 Å². The lowest BCUT2D eigenvalue weighted by atomic mass is 10.2. The first-order valence-corrected chi connectivity index (χ1v) is 6.74. The van der Waals surface area contributed by atoms with Crippen molar-refractivity contribution in [2.45, 2.75) is 12.5 Å². The number of anilines is 1. The molecule has 2 amide bonds. The molecule has 1 heterocycles. The van der Waals surface area contributed by atoms with Gasteiger partial charge in [-0.1, -0.05) is 9.59 Å². The van der Waals surface area contributed by atoms with Gasteiger partial charge in [0.2, 0.25) is 5.13 Å². The number of nitrogens with zero attached hydrogens (tertiary/aromatic N) is 3. The quantitative estimate of drug-likeness (QED) is 0.682. The summed E-state index contributed by atoms with van der Waals surface area (Å²) in [6, 6.07) is -1.54. The molecule has 0 aliphatic heterocycles. The number of hydrogen-bond donors (Lipinski definition) is 3. The molecule has 10 heteroatoms. The molecule has 0 fully saturated rings. The Labute approximate surface area is 105 Å². The number of thioether (sulfide) groups is 1. The fourth-order valence-electron chi connectivity index (χ4n) is 0.966. The maximum atomic E-state index is 11.4. The summed E-state index contributed by atoms with van der Waals surface area (Å²) in [7, 11) is 0. The summed E-state index contributed by atoms with van der Waals surface area (Å²) in [4.78, 5) is 22.3. The highest BCUT2D eigenvalue weighted by Crippen LogP contribution is 2.05. The third-order valence-electron chi connectivity index (χ3n) is 1.73. The van der Waals surface area contributed by atoms with Gasteiger partial charge in [0.1, 0.15) is 6.04 Å². The third-order valence-corrected chi connectivity index (χ3v) is 2.89. The van der Waals surface area contributed by atoms with E-state index in [9.17, 15) is 9.59 Å². The van der Waals surface area contributed by atoms with E-state index in [-0.39, 0.29) is 5.13 Å². The van der Waals surface area contributed by atoms with Crippen LogP contribution in [0.2, 0.25) is 0 Å². The first-order valence-electron chi connectivity index (χ1n) is 4.57. The molecule has 1 aromatic heterocycles. The largest absolute Gasteiger partial charge is 0.480 e. The van der Waals surface area contributed by atoms with E-state index in [1.54, 1.807) is 0 Å². The number of carbonyl (C=O) groups excluding carboxylic acids is 1. The van der Waals surface area contributed by atoms with Gasteiger partial charge in [0, 0.05) is 11.5 Å². The number of nitrogens with one attached hydrogen (secondary N) is 2. The summed E-state index contributed by atoms with van der Waals surface area (Å²) in [5.74, 6) is -0.415. The Kier molecular flexibility index (Phi) is 5.63. The molecule has 8 nitrogen and oxygen atoms in total. The van der Waals surface area contributed by atoms with Gasteiger partial charge in [0.25, 0.3) is 0 Å². The Morgan fingerprint density at radius 2 is 2.35 bits per heavy atom. The number of urea groups is 1. The van der Waals surface area contributed by atoms with Crippen molar-refractivity contribution in [2.75, 3.05) is 17.3 Å². The van der Waals surface area contributed by atoms with Crippen molar-refractivity contribution >= 4 is 40.4 Å². The topological polar surface area (TPSA) is 117 Å². The molecule has 0 aliphatic rings. The van der Waals surface area contributed by atoms with Gasteiger partial charge in [0.05, 0.1) is 0 Å². The van der Waals surface area contributed by atoms with Gasteiger partial charge in [0.15, 0.2) is 0 Å². The molecule has 3 N–H and O–H groups in total. The standard InChI is InChI=1S/C7H11N5O3S2/c1-16-3-2-4(5(13)14)8-6(15)9-7-10-11-12-17-7/h4H,2-3H2,1H3,(H,13,14)(H2,8,9,10,12,15)/t4-/m0/s1. The zero-order valence-corrected chi connectivity index (χ0v) is 10.5. The molecule has 1 aromatic rings. The maximum Gasteiger partial charge on any atom is 0.326 e. The average molecular weight is 277 g/mol. The fraction of sp³-hybridized carbons (Fsp3) is 0.571. The van der Waals surface area contributed by atoms with Crippen molar-refractivity contribution < 1.29 is 14.7 Å². The zero-order valence-electron chi connectivity index (χ0n) is 8.91. The van der Waals surface area contributed by atoms with Crippen molar-refractivity contribution in [3.05, 3.63) is 0 Å². The van der Waals surface area contributed by atoms with Gasteiger partial charge in [-0.3, -0.25) is 5.32 Å². The fourth-order valence-corrected chi connectivity index (χ4v) is 1.80. The van der Waals surface area contributed by atoms with E-state index < -0.39 is 18.0 Å². The van der Waals surface area contributed by atoms with Gasteiger partial charge in [-0.2, -0.15) is 11.8 Å². The summed E-state index contributed by atoms with van der Waals surface area (Å²) in [6.07, 6.45) is 2.23. The number of hydrogen-bond acceptors (Lipinski definition) is 7. The molecule has 0 unspecified atom stereocenters. The van der Waals surface area contributed by atoms with Gasteiger partial charge < -0.3 is 10.4 Å². The number of rotatable bonds is 6. The Hall–Kier alpha value is -1.42. The number of aliphatic carboxylic acids is 1. The summed E-state index contributed by atoms with van der Waals surface area (Å²) < 4.78 is 3.46. The van der Waals surface area contributed by atoms with E-state index in [0.717, 1.165) is 11.5 Å². The molecule has 0 aromatic carbocycles. The summed E-state index contributed by atoms with van der Waals surface area (Å²) >= 11 is 2.42. The van der Waals surface area contributed by atoms with Gasteiger partial charge in [-0.25, -0.2) is 9.59 Å². The zero-order chi connectivity index (χ0) is 12.7. The second-order valence-electron chi connectivity index (χ2n) is 2.94. The van der Waals surface area contributed by atoms with Crippen LogP contribution >= 0.6 is 23.3 Å². The van der Waals surface area contributed by atoms with Crippen molar-refractivity contribution in [3.63, 3.8) is 0 Å². The van der Waals surface area contributed by atoms with Crippen molar-refractivity contribution in [1.82, 2.24) is 20.1 Å². The second kappa shape index (κ2) is 7.01. The molecule has 94 valence electrons. The highest BCUT2D eigenvalue weighted by Gasteiger charge is 2.19. The van der Waals surface area contributed by atoms with E-state index >= 15 is 0 Å². The van der Waals surface area contributed by atoms with Crippen LogP contribution in [0.15, 0.2) is 0 Å². The Balaban J connectivity index is 2.43. The second-order valence-corrected chi connectivity index (χ2v) is 4.66. The van der Waals surface area contributed by atoms with E-state index in [2.05, 4.69) is 25.4 Å². The van der Waals surface area contributed by atoms with E-state index in [4.69, 9.17) is 5.11 Å². The third kappa shape index (κ3) is 4.95. The Bertz CT molecular complexity index is 372. The highest BCUT2D eigenvalue weighted by atomic mass is 32.2. The molecule has 17 heavy (non-hydrogen) atoms. The van der Waals surface area contributed by atoms with Crippen molar-refractivity contribution in [2.24, 2.45) is 0 Å². The molecule has 1 rings (SSSR count). The SMILES string of the molecule is CSCC[C@H](NC(=O)Nc1nnns1)C(=O)O. The molecule has 0 saturated carbocycles. The lowest BCUT2D eigenvalue weighted by Crippen LogP contribution is -2.43. The van der Waals surface area contributed by atoms with Crippen LogP contribution < -0.4 is 10.6 Å². The molecule has 0 aliphatic carbocycles. The molecule has 0 saturated heterocycles. The van der Waals surface area contributed by atoms with Crippen molar-refractivity contribution in [3.8, 4) is 0 Å². The molecule has 0 spiro atoms. The molecule has 1 atom stereocenters. The minimum Gasteiger partial charge on any atom is -0.480 e. The minimum absolute atomic E-state index is 0.219. The van der Waals surface area contributed by atoms with E-state index in [1.807, 2.05) is 6.26 Å². The number of carboxylic acid groups (broad SMARTS) is 1. The van der Waals surface area contributed by atoms with Crippen LogP contribution in [0.25, 0.3) is 0 Å². The van der Waals surface area contributed by atoms with Crippen LogP contribution in [0.3, 0.4) is 0 Å². The lowest BCUT2D eigenvalue weighted by molar-refractivity contribution is -0.139. The molecular formula is C7H11N5O3S2. The Morgan fingerprint density at radius 3 is 2.88 bits per heavy atom. The normalized spacial score (nSPS) is 11.8. The molecular weight excluding hydrogens is 266 g/mol. The van der Waals surface area contributed by atoms with Crippen LogP contribution in [-0.2, 0) is 4.79 Å². The van der Waals surface area contributed by atoms with Crippen LogP contribution in [0, 0.1) is 0 Å². The van der Waals surface area contributed by atoms with Crippen LogP contribution in [-0.4, -0.2) is 50.0 Å². The van der Waals surface area contributed by atoms with Gasteiger partial charge in [-0.15, -0.1) is 0 Å². The summed E-state index contributed by atoms with van der Waals surface area (Å²) in [6.45, 7) is 0. The summed E-state index contributed by atoms with van der Waals surface area (Å²) in [5.41, 5.74) is 0. The summed E-state index contributed by atoms with van der Waals surface area (Å²) in [5, 5.41) is 20.6. The first kappa shape index (κ1) is 13.6. The number of amides is 2. The minimum atomic E-state index is -1.07. The average Bonchev–Trinajstić information content (AvgIpc) is 2.76. The van der Waals surface area contributed by atoms with Crippen LogP contribution in [0.4, 0.5) is 9.93 Å². The number of carbonyl (C=O) groups is 2. The number of carboxylic acids is 1. The van der Waals surface area contributed by atoms with Crippen LogP contribution in [0.1, 0.15) is 6.42 Å². The van der Waals surface area contributed by atoms with Crippen LogP contribution in [0.5, 0.6) is 0 Å². The van der Waals surface area contributed by atoms with Gasteiger partial charge >= 0.3 is 12.0 Å². The number of aromatic nitrogens is 3. The molecule has 0 bridgehead atoms. The van der Waals surface area contributed by atoms with E-state index in [0.29, 0.717) is 12.2 Å². The predicted octanol–water partition coefficient (Wildman–Crippen LogP) is 0.261. The first-order chi connectivity index (χ1) is 8.13. The smallest absolute Gasteiger partial charge is 0.326 e. The highest BCUT2D eigenvalue weighted by molar-refractivity contribution is 7.98. The maximum absolute atomic E-state index is 11.4.